The molecule has 1 aromatic carbocycles. The van der Waals surface area contributed by atoms with E-state index in [0.717, 1.165) is 38.5 Å². The van der Waals surface area contributed by atoms with Crippen molar-refractivity contribution in [3.8, 4) is 5.75 Å². The van der Waals surface area contributed by atoms with Gasteiger partial charge in [0.25, 0.3) is 5.91 Å². The number of unbranched alkanes of at least 4 members (excludes halogenated alkanes) is 14. The average molecular weight is 780 g/mol. The topological polar surface area (TPSA) is 188 Å². The summed E-state index contributed by atoms with van der Waals surface area (Å²) in [5.41, 5.74) is -1.13. The Labute approximate surface area is 319 Å². The quantitative estimate of drug-likeness (QED) is 0.0217. The lowest BCUT2D eigenvalue weighted by atomic mass is 10.1. The second-order valence-corrected chi connectivity index (χ2v) is 14.9. The van der Waals surface area contributed by atoms with Gasteiger partial charge < -0.3 is 29.2 Å². The largest absolute Gasteiger partial charge is 0.508 e. The van der Waals surface area contributed by atoms with E-state index in [9.17, 15) is 33.7 Å². The first-order valence-corrected chi connectivity index (χ1v) is 21.2. The molecule has 0 aliphatic heterocycles. The molecular formula is C40H62NO12P. The van der Waals surface area contributed by atoms with Gasteiger partial charge >= 0.3 is 25.4 Å². The predicted octanol–water partition coefficient (Wildman–Crippen LogP) is 8.82. The molecule has 0 aliphatic carbocycles. The monoisotopic (exact) mass is 779 g/mol. The lowest BCUT2D eigenvalue weighted by Crippen LogP contribution is -2.31. The summed E-state index contributed by atoms with van der Waals surface area (Å²) in [6.07, 6.45) is 22.1. The molecule has 14 heteroatoms. The van der Waals surface area contributed by atoms with Crippen LogP contribution in [0, 0.1) is 0 Å². The van der Waals surface area contributed by atoms with E-state index in [1.165, 1.54) is 82.1 Å². The number of benzene rings is 1. The van der Waals surface area contributed by atoms with Crippen LogP contribution in [-0.2, 0) is 32.7 Å². The molecule has 54 heavy (non-hydrogen) atoms. The van der Waals surface area contributed by atoms with Gasteiger partial charge in [-0.05, 0) is 56.7 Å². The van der Waals surface area contributed by atoms with Crippen molar-refractivity contribution in [2.75, 3.05) is 26.4 Å². The predicted molar refractivity (Wildman–Crippen MR) is 207 cm³/mol. The van der Waals surface area contributed by atoms with E-state index in [1.807, 2.05) is 0 Å². The molecule has 1 aromatic heterocycles. The number of nitrogens with one attached hydrogen (secondary N) is 1. The van der Waals surface area contributed by atoms with Gasteiger partial charge in [-0.2, -0.15) is 0 Å². The molecule has 0 radical (unpaired) electrons. The zero-order valence-corrected chi connectivity index (χ0v) is 33.1. The molecular weight excluding hydrogens is 717 g/mol. The maximum Gasteiger partial charge on any atom is 0.472 e. The van der Waals surface area contributed by atoms with Crippen LogP contribution in [0.3, 0.4) is 0 Å². The van der Waals surface area contributed by atoms with Gasteiger partial charge in [-0.1, -0.05) is 96.6 Å². The van der Waals surface area contributed by atoms with E-state index in [-0.39, 0.29) is 42.9 Å². The second-order valence-electron chi connectivity index (χ2n) is 13.5. The van der Waals surface area contributed by atoms with Crippen molar-refractivity contribution in [2.24, 2.45) is 0 Å². The molecule has 2 rings (SSSR count). The summed E-state index contributed by atoms with van der Waals surface area (Å²) >= 11 is 0. The molecule has 2 unspecified atom stereocenters. The highest BCUT2D eigenvalue weighted by molar-refractivity contribution is 7.47. The Morgan fingerprint density at radius 3 is 2.07 bits per heavy atom. The first kappa shape index (κ1) is 46.6. The lowest BCUT2D eigenvalue weighted by Gasteiger charge is -2.20. The number of phosphoric acid groups is 1. The fourth-order valence-corrected chi connectivity index (χ4v) is 6.30. The first-order valence-electron chi connectivity index (χ1n) is 19.7. The summed E-state index contributed by atoms with van der Waals surface area (Å²) in [4.78, 5) is 59.9. The van der Waals surface area contributed by atoms with Crippen LogP contribution < -0.4 is 10.9 Å². The number of amides is 1. The van der Waals surface area contributed by atoms with Crippen LogP contribution in [0.1, 0.15) is 146 Å². The summed E-state index contributed by atoms with van der Waals surface area (Å²) < 4.78 is 38.4. The third kappa shape index (κ3) is 21.4. The van der Waals surface area contributed by atoms with Crippen molar-refractivity contribution in [2.45, 2.75) is 142 Å². The second kappa shape index (κ2) is 28.0. The normalized spacial score (nSPS) is 13.2. The molecule has 0 saturated heterocycles. The van der Waals surface area contributed by atoms with Crippen molar-refractivity contribution in [1.82, 2.24) is 5.32 Å². The standard InChI is InChI=1S/C40H62NO12P/c1-3-5-7-9-10-11-12-13-14-15-16-17-18-19-21-23-38(44)52-34(30-49-37(43)22-20-8-6-4-2)31-51-54(47,48)50-27-26-41-39(45)35-28-32-24-25-33(42)29-36(32)53-40(35)46/h16-17,24-25,28-29,34,42H,3-15,18-23,26-27,30-31H2,1-2H3,(H,41,45)(H,47,48)/b17-16-. The number of aromatic hydroxyl groups is 1. The molecule has 2 aromatic rings. The number of phenolic OH excluding ortho intramolecular Hbond substituents is 1. The average Bonchev–Trinajstić information content (AvgIpc) is 3.14. The van der Waals surface area contributed by atoms with Gasteiger partial charge in [0.15, 0.2) is 6.10 Å². The van der Waals surface area contributed by atoms with E-state index in [2.05, 4.69) is 31.3 Å². The van der Waals surface area contributed by atoms with Crippen LogP contribution in [0.2, 0.25) is 0 Å². The smallest absolute Gasteiger partial charge is 0.472 e. The number of rotatable bonds is 31. The van der Waals surface area contributed by atoms with Crippen LogP contribution in [0.5, 0.6) is 5.75 Å². The molecule has 0 bridgehead atoms. The third-order valence-corrected chi connectivity index (χ3v) is 9.62. The van der Waals surface area contributed by atoms with Crippen molar-refractivity contribution in [3.05, 3.63) is 52.4 Å². The number of fused-ring (bicyclic) bond motifs is 1. The zero-order valence-electron chi connectivity index (χ0n) is 32.2. The minimum absolute atomic E-state index is 0.103. The van der Waals surface area contributed by atoms with E-state index in [1.54, 1.807) is 0 Å². The Morgan fingerprint density at radius 1 is 0.796 bits per heavy atom. The Balaban J connectivity index is 1.74. The maximum atomic E-state index is 12.6. The number of allylic oxidation sites excluding steroid dienone is 2. The Hall–Kier alpha value is -3.51. The van der Waals surface area contributed by atoms with Gasteiger partial charge in [0.1, 0.15) is 23.5 Å². The number of hydrogen-bond acceptors (Lipinski definition) is 11. The van der Waals surface area contributed by atoms with Crippen molar-refractivity contribution in [1.29, 1.82) is 0 Å². The van der Waals surface area contributed by atoms with Crippen LogP contribution in [-0.4, -0.2) is 60.3 Å². The van der Waals surface area contributed by atoms with Crippen LogP contribution in [0.25, 0.3) is 11.0 Å². The number of esters is 2. The van der Waals surface area contributed by atoms with E-state index < -0.39 is 50.6 Å². The molecule has 1 amide bonds. The van der Waals surface area contributed by atoms with Crippen LogP contribution in [0.15, 0.2) is 45.6 Å². The fraction of sp³-hybridized carbons (Fsp3) is 0.650. The molecule has 304 valence electrons. The number of hydrogen-bond donors (Lipinski definition) is 3. The van der Waals surface area contributed by atoms with Gasteiger partial charge in [-0.25, -0.2) is 9.36 Å². The van der Waals surface area contributed by atoms with Gasteiger partial charge in [0.2, 0.25) is 0 Å². The highest BCUT2D eigenvalue weighted by atomic mass is 31.2. The van der Waals surface area contributed by atoms with Gasteiger partial charge in [-0.15, -0.1) is 0 Å². The maximum absolute atomic E-state index is 12.6. The minimum atomic E-state index is -4.69. The summed E-state index contributed by atoms with van der Waals surface area (Å²) in [5, 5.41) is 12.4. The number of phosphoric ester groups is 1. The molecule has 1 heterocycles. The van der Waals surface area contributed by atoms with Crippen molar-refractivity contribution >= 4 is 36.6 Å². The molecule has 2 atom stereocenters. The molecule has 0 spiro atoms. The first-order chi connectivity index (χ1) is 26.0. The molecule has 13 nitrogen and oxygen atoms in total. The Morgan fingerprint density at radius 2 is 1.39 bits per heavy atom. The summed E-state index contributed by atoms with van der Waals surface area (Å²) in [7, 11) is -4.69. The lowest BCUT2D eigenvalue weighted by molar-refractivity contribution is -0.161. The van der Waals surface area contributed by atoms with Crippen molar-refractivity contribution < 1.29 is 51.9 Å². The summed E-state index contributed by atoms with van der Waals surface area (Å²) in [5.74, 6) is -1.93. The number of ether oxygens (including phenoxy) is 2. The summed E-state index contributed by atoms with van der Waals surface area (Å²) in [6, 6.07) is 5.40. The zero-order chi connectivity index (χ0) is 39.4. The minimum Gasteiger partial charge on any atom is -0.508 e. The fourth-order valence-electron chi connectivity index (χ4n) is 5.55. The highest BCUT2D eigenvalue weighted by Crippen LogP contribution is 2.43. The van der Waals surface area contributed by atoms with E-state index >= 15 is 0 Å². The number of carbonyl (C=O) groups excluding carboxylic acids is 3. The summed E-state index contributed by atoms with van der Waals surface area (Å²) in [6.45, 7) is 2.64. The van der Waals surface area contributed by atoms with Gasteiger partial charge in [0.05, 0.1) is 13.2 Å². The molecule has 0 saturated carbocycles. The SMILES string of the molecule is CCCCCCCCCCC/C=C\CCCCC(=O)OC(COC(=O)CCCCCC)COP(=O)(O)OCCNC(=O)c1cc2ccc(O)cc2oc1=O. The van der Waals surface area contributed by atoms with Gasteiger partial charge in [0, 0.05) is 30.8 Å². The van der Waals surface area contributed by atoms with Crippen molar-refractivity contribution in [3.63, 3.8) is 0 Å². The Kier molecular flexibility index (Phi) is 24.2. The molecule has 3 N–H and O–H groups in total. The van der Waals surface area contributed by atoms with E-state index in [0.29, 0.717) is 18.2 Å². The van der Waals surface area contributed by atoms with Crippen LogP contribution in [0.4, 0.5) is 0 Å². The van der Waals surface area contributed by atoms with Crippen LogP contribution >= 0.6 is 7.82 Å². The number of phenols is 1. The molecule has 0 fully saturated rings. The molecule has 0 aliphatic rings. The van der Waals surface area contributed by atoms with Gasteiger partial charge in [-0.3, -0.25) is 23.4 Å². The Bertz CT molecular complexity index is 1520. The highest BCUT2D eigenvalue weighted by Gasteiger charge is 2.26. The van der Waals surface area contributed by atoms with E-state index in [4.69, 9.17) is 22.9 Å². The number of carbonyl (C=O) groups is 3. The third-order valence-electron chi connectivity index (χ3n) is 8.64.